The van der Waals surface area contributed by atoms with E-state index in [0.717, 1.165) is 10.6 Å². The van der Waals surface area contributed by atoms with Crippen molar-refractivity contribution in [2.45, 2.75) is 13.0 Å². The zero-order chi connectivity index (χ0) is 9.42. The van der Waals surface area contributed by atoms with Crippen LogP contribution in [0, 0.1) is 6.92 Å². The van der Waals surface area contributed by atoms with Crippen LogP contribution in [0.3, 0.4) is 0 Å². The van der Waals surface area contributed by atoms with E-state index in [0.29, 0.717) is 0 Å². The van der Waals surface area contributed by atoms with Crippen molar-refractivity contribution in [3.05, 3.63) is 16.1 Å². The zero-order valence-corrected chi connectivity index (χ0v) is 7.64. The van der Waals surface area contributed by atoms with Crippen LogP contribution in [0.25, 0.3) is 0 Å². The van der Waals surface area contributed by atoms with Crippen LogP contribution in [-0.2, 0) is 4.79 Å². The topological polar surface area (TPSA) is 71.1 Å². The highest BCUT2D eigenvalue weighted by Crippen LogP contribution is 2.23. The molecule has 6 heteroatoms. The van der Waals surface area contributed by atoms with Crippen molar-refractivity contribution < 1.29 is 9.59 Å². The fourth-order valence-corrected chi connectivity index (χ4v) is 2.04. The number of carbonyl (C=O) groups is 2. The van der Waals surface area contributed by atoms with Gasteiger partial charge in [0.15, 0.2) is 0 Å². The average Bonchev–Trinajstić information content (AvgIpc) is 2.58. The Balaban J connectivity index is 2.32. The molecule has 0 aliphatic carbocycles. The zero-order valence-electron chi connectivity index (χ0n) is 6.83. The number of thiazole rings is 1. The first-order valence-electron chi connectivity index (χ1n) is 3.70. The van der Waals surface area contributed by atoms with Crippen molar-refractivity contribution >= 4 is 23.3 Å². The van der Waals surface area contributed by atoms with E-state index in [4.69, 9.17) is 0 Å². The Morgan fingerprint density at radius 1 is 1.54 bits per heavy atom. The van der Waals surface area contributed by atoms with Gasteiger partial charge in [0, 0.05) is 0 Å². The second-order valence-corrected chi connectivity index (χ2v) is 3.58. The smallest absolute Gasteiger partial charge is 0.321 e. The molecule has 2 rings (SSSR count). The van der Waals surface area contributed by atoms with Gasteiger partial charge >= 0.3 is 6.03 Å². The number of aromatic nitrogens is 1. The average molecular weight is 197 g/mol. The number of imide groups is 1. The summed E-state index contributed by atoms with van der Waals surface area (Å²) in [5.74, 6) is -0.308. The molecule has 13 heavy (non-hydrogen) atoms. The van der Waals surface area contributed by atoms with Gasteiger partial charge < -0.3 is 5.32 Å². The summed E-state index contributed by atoms with van der Waals surface area (Å²) < 4.78 is 0. The van der Waals surface area contributed by atoms with Gasteiger partial charge in [-0.25, -0.2) is 9.78 Å². The highest BCUT2D eigenvalue weighted by Gasteiger charge is 2.32. The minimum absolute atomic E-state index is 0.308. The van der Waals surface area contributed by atoms with Gasteiger partial charge in [-0.05, 0) is 6.92 Å². The summed E-state index contributed by atoms with van der Waals surface area (Å²) in [6.07, 6.45) is 0. The van der Waals surface area contributed by atoms with Crippen LogP contribution in [0.15, 0.2) is 5.51 Å². The van der Waals surface area contributed by atoms with E-state index < -0.39 is 12.1 Å². The number of hydrogen-bond donors (Lipinski definition) is 2. The third-order valence-corrected chi connectivity index (χ3v) is 2.82. The fourth-order valence-electron chi connectivity index (χ4n) is 1.19. The molecule has 0 aromatic carbocycles. The van der Waals surface area contributed by atoms with Gasteiger partial charge in [0.05, 0.1) is 16.1 Å². The van der Waals surface area contributed by atoms with Crippen LogP contribution in [0.1, 0.15) is 16.6 Å². The summed E-state index contributed by atoms with van der Waals surface area (Å²) in [5, 5.41) is 4.69. The van der Waals surface area contributed by atoms with Gasteiger partial charge in [0.2, 0.25) is 0 Å². The summed E-state index contributed by atoms with van der Waals surface area (Å²) in [7, 11) is 0. The molecule has 0 bridgehead atoms. The maximum absolute atomic E-state index is 11.2. The standard InChI is InChI=1S/C7H7N3O2S/c1-3-5(13-2-8-3)4-6(11)10-7(12)9-4/h2,4H,1H3,(H2,9,10,11,12). The number of nitrogens with one attached hydrogen (secondary N) is 2. The number of hydrogen-bond acceptors (Lipinski definition) is 4. The van der Waals surface area contributed by atoms with E-state index in [-0.39, 0.29) is 5.91 Å². The Morgan fingerprint density at radius 2 is 2.31 bits per heavy atom. The van der Waals surface area contributed by atoms with Crippen LogP contribution >= 0.6 is 11.3 Å². The molecule has 1 saturated heterocycles. The van der Waals surface area contributed by atoms with Gasteiger partial charge in [-0.2, -0.15) is 0 Å². The summed E-state index contributed by atoms with van der Waals surface area (Å²) in [6.45, 7) is 1.81. The molecular formula is C7H7N3O2S. The summed E-state index contributed by atoms with van der Waals surface area (Å²) in [4.78, 5) is 26.8. The second kappa shape index (κ2) is 2.81. The monoisotopic (exact) mass is 197 g/mol. The van der Waals surface area contributed by atoms with E-state index in [9.17, 15) is 9.59 Å². The van der Waals surface area contributed by atoms with Gasteiger partial charge in [0.1, 0.15) is 6.04 Å². The highest BCUT2D eigenvalue weighted by atomic mass is 32.1. The van der Waals surface area contributed by atoms with Crippen molar-refractivity contribution in [1.82, 2.24) is 15.6 Å². The molecule has 1 aliphatic heterocycles. The lowest BCUT2D eigenvalue weighted by atomic mass is 10.2. The Hall–Kier alpha value is -1.43. The highest BCUT2D eigenvalue weighted by molar-refractivity contribution is 7.10. The first-order chi connectivity index (χ1) is 6.18. The first-order valence-corrected chi connectivity index (χ1v) is 4.58. The molecule has 0 saturated carbocycles. The molecule has 1 atom stereocenters. The Kier molecular flexibility index (Phi) is 1.77. The number of nitrogens with zero attached hydrogens (tertiary/aromatic N) is 1. The van der Waals surface area contributed by atoms with Crippen molar-refractivity contribution in [3.63, 3.8) is 0 Å². The van der Waals surface area contributed by atoms with Crippen LogP contribution in [0.5, 0.6) is 0 Å². The molecule has 1 aliphatic rings. The lowest BCUT2D eigenvalue weighted by Crippen LogP contribution is -2.22. The fraction of sp³-hybridized carbons (Fsp3) is 0.286. The maximum atomic E-state index is 11.2. The molecular weight excluding hydrogens is 190 g/mol. The number of carbonyl (C=O) groups excluding carboxylic acids is 2. The molecule has 0 spiro atoms. The van der Waals surface area contributed by atoms with Gasteiger partial charge in [-0.3, -0.25) is 10.1 Å². The van der Waals surface area contributed by atoms with E-state index in [2.05, 4.69) is 15.6 Å². The van der Waals surface area contributed by atoms with Gasteiger partial charge in [-0.1, -0.05) is 0 Å². The first kappa shape index (κ1) is 8.18. The Morgan fingerprint density at radius 3 is 2.77 bits per heavy atom. The van der Waals surface area contributed by atoms with Crippen molar-refractivity contribution in [2.24, 2.45) is 0 Å². The predicted molar refractivity (Wildman–Crippen MR) is 46.3 cm³/mol. The number of rotatable bonds is 1. The number of urea groups is 1. The third kappa shape index (κ3) is 1.29. The third-order valence-electron chi connectivity index (χ3n) is 1.82. The van der Waals surface area contributed by atoms with Gasteiger partial charge in [-0.15, -0.1) is 11.3 Å². The van der Waals surface area contributed by atoms with E-state index in [1.807, 2.05) is 6.92 Å². The maximum Gasteiger partial charge on any atom is 0.322 e. The largest absolute Gasteiger partial charge is 0.322 e. The number of aryl methyl sites for hydroxylation is 1. The van der Waals surface area contributed by atoms with Gasteiger partial charge in [0.25, 0.3) is 5.91 Å². The van der Waals surface area contributed by atoms with Crippen molar-refractivity contribution in [3.8, 4) is 0 Å². The molecule has 2 heterocycles. The predicted octanol–water partition coefficient (Wildman–Crippen LogP) is 0.332. The van der Waals surface area contributed by atoms with Crippen LogP contribution in [-0.4, -0.2) is 16.9 Å². The summed E-state index contributed by atoms with van der Waals surface area (Å²) in [6, 6.07) is -0.997. The molecule has 3 amide bonds. The summed E-state index contributed by atoms with van der Waals surface area (Å²) in [5.41, 5.74) is 2.44. The molecule has 1 fully saturated rings. The number of amides is 3. The molecule has 1 unspecified atom stereocenters. The lowest BCUT2D eigenvalue weighted by Gasteiger charge is -2.03. The van der Waals surface area contributed by atoms with Crippen LogP contribution in [0.2, 0.25) is 0 Å². The van der Waals surface area contributed by atoms with Crippen molar-refractivity contribution in [2.75, 3.05) is 0 Å². The quantitative estimate of drug-likeness (QED) is 0.637. The van der Waals surface area contributed by atoms with E-state index in [1.54, 1.807) is 5.51 Å². The van der Waals surface area contributed by atoms with Crippen LogP contribution < -0.4 is 10.6 Å². The Labute approximate surface area is 78.2 Å². The molecule has 5 nitrogen and oxygen atoms in total. The van der Waals surface area contributed by atoms with E-state index >= 15 is 0 Å². The van der Waals surface area contributed by atoms with E-state index in [1.165, 1.54) is 11.3 Å². The molecule has 68 valence electrons. The SMILES string of the molecule is Cc1ncsc1C1NC(=O)NC1=O. The second-order valence-electron chi connectivity index (χ2n) is 2.70. The molecule has 1 aromatic heterocycles. The normalized spacial score (nSPS) is 21.5. The Bertz CT molecular complexity index is 374. The minimum Gasteiger partial charge on any atom is -0.321 e. The molecule has 2 N–H and O–H groups in total. The molecule has 0 radical (unpaired) electrons. The summed E-state index contributed by atoms with van der Waals surface area (Å²) >= 11 is 1.37. The van der Waals surface area contributed by atoms with Crippen molar-refractivity contribution in [1.29, 1.82) is 0 Å². The minimum atomic E-state index is -0.556. The lowest BCUT2D eigenvalue weighted by molar-refractivity contribution is -0.120. The molecule has 1 aromatic rings. The van der Waals surface area contributed by atoms with Crippen LogP contribution in [0.4, 0.5) is 4.79 Å².